The van der Waals surface area contributed by atoms with E-state index in [9.17, 15) is 4.79 Å². The van der Waals surface area contributed by atoms with Gasteiger partial charge < -0.3 is 15.9 Å². The number of aliphatic carboxylic acids is 1. The van der Waals surface area contributed by atoms with Crippen LogP contribution in [0.4, 0.5) is 0 Å². The number of hydrogen-bond donors (Lipinski definition) is 3. The summed E-state index contributed by atoms with van der Waals surface area (Å²) in [7, 11) is 0. The van der Waals surface area contributed by atoms with E-state index in [0.29, 0.717) is 6.42 Å². The van der Waals surface area contributed by atoms with Gasteiger partial charge in [-0.3, -0.25) is 4.79 Å². The molecule has 0 radical (unpaired) electrons. The zero-order valence-corrected chi connectivity index (χ0v) is 5.91. The van der Waals surface area contributed by atoms with Gasteiger partial charge in [-0.15, -0.1) is 0 Å². The first-order valence-corrected chi connectivity index (χ1v) is 3.23. The number of carboxylic acids is 1. The molecule has 1 unspecified atom stereocenters. The number of hydrogen-bond acceptors (Lipinski definition) is 3. The van der Waals surface area contributed by atoms with Gasteiger partial charge in [-0.05, 0) is 6.42 Å². The second-order valence-corrected chi connectivity index (χ2v) is 2.19. The van der Waals surface area contributed by atoms with E-state index in [4.69, 9.17) is 12.3 Å². The lowest BCUT2D eigenvalue weighted by Crippen LogP contribution is -2.41. The Hall–Kier alpha value is -0.610. The summed E-state index contributed by atoms with van der Waals surface area (Å²) in [5.41, 5.74) is 5.21. The summed E-state index contributed by atoms with van der Waals surface area (Å²) in [5.74, 6) is -1.13. The van der Waals surface area contributed by atoms with Crippen molar-refractivity contribution in [2.75, 3.05) is 0 Å². The fourth-order valence-electron chi connectivity index (χ4n) is 0.623. The zero-order chi connectivity index (χ0) is 8.85. The van der Waals surface area contributed by atoms with Crippen molar-refractivity contribution in [2.24, 2.45) is 5.73 Å². The SMILES string of the molecule is [2H]OC(CCC)[C@H](N)C(=O)O. The van der Waals surface area contributed by atoms with Gasteiger partial charge in [0, 0.05) is 0 Å². The molecule has 4 nitrogen and oxygen atoms in total. The maximum absolute atomic E-state index is 10.3. The van der Waals surface area contributed by atoms with Crippen molar-refractivity contribution in [2.45, 2.75) is 31.9 Å². The molecule has 4 N–H and O–H groups in total. The van der Waals surface area contributed by atoms with Crippen LogP contribution in [0.25, 0.3) is 0 Å². The number of nitrogens with two attached hydrogens (primary N) is 1. The summed E-state index contributed by atoms with van der Waals surface area (Å²) < 4.78 is 6.54. The summed E-state index contributed by atoms with van der Waals surface area (Å²) >= 11 is 0. The molecule has 0 aliphatic heterocycles. The summed E-state index contributed by atoms with van der Waals surface area (Å²) in [5, 5.41) is 12.6. The smallest absolute Gasteiger partial charge is 0.323 e. The first kappa shape index (κ1) is 7.50. The minimum absolute atomic E-state index is 0.497. The maximum atomic E-state index is 10.3. The zero-order valence-electron chi connectivity index (χ0n) is 6.91. The number of aliphatic hydroxyl groups is 1. The topological polar surface area (TPSA) is 83.5 Å². The van der Waals surface area contributed by atoms with E-state index in [1.165, 1.54) is 0 Å². The van der Waals surface area contributed by atoms with Crippen LogP contribution in [0.2, 0.25) is 0 Å². The van der Waals surface area contributed by atoms with Crippen molar-refractivity contribution in [3.8, 4) is 0 Å². The Morgan fingerprint density at radius 3 is 2.80 bits per heavy atom. The van der Waals surface area contributed by atoms with Crippen LogP contribution in [0.3, 0.4) is 0 Å². The molecular formula is C6H13NO3. The van der Waals surface area contributed by atoms with Crippen LogP contribution in [0.5, 0.6) is 0 Å². The van der Waals surface area contributed by atoms with Crippen molar-refractivity contribution in [1.82, 2.24) is 0 Å². The molecule has 0 aromatic carbocycles. The number of carbonyl (C=O) groups is 1. The van der Waals surface area contributed by atoms with E-state index in [0.717, 1.165) is 6.42 Å². The fourth-order valence-corrected chi connectivity index (χ4v) is 0.623. The quantitative estimate of drug-likeness (QED) is 0.493. The predicted molar refractivity (Wildman–Crippen MR) is 36.5 cm³/mol. The third kappa shape index (κ3) is 2.80. The van der Waals surface area contributed by atoms with Crippen LogP contribution < -0.4 is 5.73 Å². The molecule has 0 aromatic rings. The van der Waals surface area contributed by atoms with Gasteiger partial charge in [-0.2, -0.15) is 0 Å². The predicted octanol–water partition coefficient (Wildman–Crippen LogP) is -0.441. The van der Waals surface area contributed by atoms with Crippen molar-refractivity contribution >= 4 is 5.97 Å². The van der Waals surface area contributed by atoms with Crippen LogP contribution in [-0.4, -0.2) is 29.8 Å². The average Bonchev–Trinajstić information content (AvgIpc) is 1.98. The highest BCUT2D eigenvalue weighted by Gasteiger charge is 2.20. The summed E-state index contributed by atoms with van der Waals surface area (Å²) in [6, 6.07) is -1.09. The Morgan fingerprint density at radius 2 is 2.50 bits per heavy atom. The highest BCUT2D eigenvalue weighted by atomic mass is 16.4. The highest BCUT2D eigenvalue weighted by molar-refractivity contribution is 5.73. The fraction of sp³-hybridized carbons (Fsp3) is 0.833. The van der Waals surface area contributed by atoms with Crippen LogP contribution in [0.15, 0.2) is 0 Å². The molecule has 2 atom stereocenters. The van der Waals surface area contributed by atoms with Crippen LogP contribution >= 0.6 is 0 Å². The molecule has 0 bridgehead atoms. The summed E-state index contributed by atoms with van der Waals surface area (Å²) in [6.45, 7) is 1.88. The van der Waals surface area contributed by atoms with Crippen LogP contribution in [0, 0.1) is 0 Å². The molecular weight excluding hydrogens is 134 g/mol. The standard InChI is InChI=1S/C6H13NO3/c1-2-3-4(8)5(7)6(9)10/h4-5,8H,2-3,7H2,1H3,(H,9,10)/t4?,5-/m0/s1/i8D. The molecule has 0 fully saturated rings. The van der Waals surface area contributed by atoms with Gasteiger partial charge in [-0.25, -0.2) is 0 Å². The van der Waals surface area contributed by atoms with Crippen LogP contribution in [-0.2, 0) is 4.79 Å². The highest BCUT2D eigenvalue weighted by Crippen LogP contribution is 1.99. The molecule has 0 aliphatic carbocycles. The van der Waals surface area contributed by atoms with E-state index in [1.807, 2.05) is 6.92 Å². The third-order valence-corrected chi connectivity index (χ3v) is 1.26. The van der Waals surface area contributed by atoms with Crippen molar-refractivity contribution < 1.29 is 15.0 Å². The van der Waals surface area contributed by atoms with Crippen molar-refractivity contribution in [3.63, 3.8) is 0 Å². The van der Waals surface area contributed by atoms with E-state index in [2.05, 4.69) is 5.11 Å². The molecule has 4 heteroatoms. The van der Waals surface area contributed by atoms with E-state index < -0.39 is 18.1 Å². The Kier molecular flexibility index (Phi) is 3.18. The molecule has 0 saturated heterocycles. The molecule has 0 aromatic heterocycles. The Labute approximate surface area is 61.1 Å². The van der Waals surface area contributed by atoms with Crippen molar-refractivity contribution in [3.05, 3.63) is 0 Å². The van der Waals surface area contributed by atoms with E-state index in [-0.39, 0.29) is 0 Å². The van der Waals surface area contributed by atoms with Gasteiger partial charge in [0.25, 0.3) is 0 Å². The van der Waals surface area contributed by atoms with Gasteiger partial charge in [0.1, 0.15) is 6.04 Å². The van der Waals surface area contributed by atoms with Crippen LogP contribution in [0.1, 0.15) is 19.8 Å². The molecule has 0 heterocycles. The lowest BCUT2D eigenvalue weighted by atomic mass is 10.1. The molecule has 0 amide bonds. The van der Waals surface area contributed by atoms with Gasteiger partial charge in [-0.1, -0.05) is 13.3 Å². The number of carboxylic acid groups (broad SMARTS) is 1. The lowest BCUT2D eigenvalue weighted by molar-refractivity contribution is -0.141. The minimum Gasteiger partial charge on any atom is -0.480 e. The molecule has 10 heavy (non-hydrogen) atoms. The Balaban J connectivity index is 3.91. The average molecular weight is 148 g/mol. The van der Waals surface area contributed by atoms with Gasteiger partial charge >= 0.3 is 5.97 Å². The molecule has 60 valence electrons. The van der Waals surface area contributed by atoms with E-state index >= 15 is 0 Å². The summed E-state index contributed by atoms with van der Waals surface area (Å²) in [6.07, 6.45) is 0.555. The molecule has 0 saturated carbocycles. The number of aliphatic hydroxyl groups excluding tert-OH is 1. The third-order valence-electron chi connectivity index (χ3n) is 1.26. The van der Waals surface area contributed by atoms with Gasteiger partial charge in [0.15, 0.2) is 0 Å². The number of rotatable bonds is 5. The van der Waals surface area contributed by atoms with E-state index in [1.54, 1.807) is 0 Å². The second-order valence-electron chi connectivity index (χ2n) is 2.19. The second kappa shape index (κ2) is 4.24. The maximum Gasteiger partial charge on any atom is 0.323 e. The summed E-state index contributed by atoms with van der Waals surface area (Å²) in [4.78, 5) is 10.3. The Morgan fingerprint density at radius 1 is 1.90 bits per heavy atom. The molecule has 0 aliphatic rings. The first-order chi connectivity index (χ1) is 5.13. The van der Waals surface area contributed by atoms with Gasteiger partial charge in [0.05, 0.1) is 6.10 Å². The molecule has 0 spiro atoms. The monoisotopic (exact) mass is 148 g/mol. The minimum atomic E-state index is -1.13. The normalized spacial score (nSPS) is 17.6. The lowest BCUT2D eigenvalue weighted by Gasteiger charge is -2.12. The largest absolute Gasteiger partial charge is 0.480 e. The van der Waals surface area contributed by atoms with Gasteiger partial charge in [0.2, 0.25) is 1.43 Å². The molecule has 0 rings (SSSR count). The Bertz CT molecular complexity index is 131. The van der Waals surface area contributed by atoms with Crippen molar-refractivity contribution in [1.29, 1.82) is 1.43 Å². The first-order valence-electron chi connectivity index (χ1n) is 3.64.